The smallest absolute Gasteiger partial charge is 0.101 e. The molecule has 0 radical (unpaired) electrons. The van der Waals surface area contributed by atoms with E-state index in [1.165, 1.54) is 6.42 Å². The zero-order valence-corrected chi connectivity index (χ0v) is 12.0. The number of halogens is 1. The predicted molar refractivity (Wildman–Crippen MR) is 77.6 cm³/mol. The summed E-state index contributed by atoms with van der Waals surface area (Å²) in [5, 5.41) is 9.24. The van der Waals surface area contributed by atoms with Crippen LogP contribution in [0.3, 0.4) is 0 Å². The van der Waals surface area contributed by atoms with Gasteiger partial charge in [-0.05, 0) is 37.0 Å². The van der Waals surface area contributed by atoms with Gasteiger partial charge in [0.05, 0.1) is 17.4 Å². The molecule has 1 aliphatic heterocycles. The fourth-order valence-electron chi connectivity index (χ4n) is 2.44. The maximum atomic E-state index is 9.24. The first-order valence-electron chi connectivity index (χ1n) is 6.66. The first kappa shape index (κ1) is 14.2. The third-order valence-electron chi connectivity index (χ3n) is 3.50. The molecule has 1 atom stereocenters. The third-order valence-corrected chi connectivity index (χ3v) is 3.81. The van der Waals surface area contributed by atoms with Crippen molar-refractivity contribution >= 4 is 17.3 Å². The van der Waals surface area contributed by atoms with Gasteiger partial charge in [-0.1, -0.05) is 6.07 Å². The van der Waals surface area contributed by atoms with E-state index in [-0.39, 0.29) is 6.10 Å². The molecule has 1 heterocycles. The zero-order valence-electron chi connectivity index (χ0n) is 11.2. The van der Waals surface area contributed by atoms with Gasteiger partial charge >= 0.3 is 0 Å². The lowest BCUT2D eigenvalue weighted by molar-refractivity contribution is 0.0216. The fourth-order valence-corrected chi connectivity index (χ4v) is 2.61. The van der Waals surface area contributed by atoms with E-state index in [1.54, 1.807) is 0 Å². The van der Waals surface area contributed by atoms with E-state index < -0.39 is 0 Å². The summed E-state index contributed by atoms with van der Waals surface area (Å²) < 4.78 is 5.74. The summed E-state index contributed by atoms with van der Waals surface area (Å²) in [6.45, 7) is 1.68. The SMILES string of the molecule is CN(CC1CCCCO1)c1ccc(CCl)cc1C#N. The molecule has 1 saturated heterocycles. The number of likely N-dealkylation sites (N-methyl/N-ethyl adjacent to an activating group) is 1. The number of nitriles is 1. The van der Waals surface area contributed by atoms with Crippen LogP contribution in [0.4, 0.5) is 5.69 Å². The number of hydrogen-bond acceptors (Lipinski definition) is 3. The number of ether oxygens (including phenoxy) is 1. The Labute approximate surface area is 119 Å². The Morgan fingerprint density at radius 1 is 1.47 bits per heavy atom. The van der Waals surface area contributed by atoms with E-state index in [2.05, 4.69) is 11.0 Å². The van der Waals surface area contributed by atoms with E-state index >= 15 is 0 Å². The molecule has 4 heteroatoms. The second-order valence-corrected chi connectivity index (χ2v) is 5.23. The minimum atomic E-state index is 0.276. The summed E-state index contributed by atoms with van der Waals surface area (Å²) in [6.07, 6.45) is 3.77. The molecule has 102 valence electrons. The van der Waals surface area contributed by atoms with Gasteiger partial charge in [0.1, 0.15) is 6.07 Å². The second-order valence-electron chi connectivity index (χ2n) is 4.97. The molecule has 2 rings (SSSR count). The molecule has 3 nitrogen and oxygen atoms in total. The van der Waals surface area contributed by atoms with Crippen molar-refractivity contribution < 1.29 is 4.74 Å². The first-order chi connectivity index (χ1) is 9.24. The normalized spacial score (nSPS) is 18.9. The van der Waals surface area contributed by atoms with Crippen LogP contribution in [-0.4, -0.2) is 26.3 Å². The molecular weight excluding hydrogens is 260 g/mol. The topological polar surface area (TPSA) is 36.3 Å². The van der Waals surface area contributed by atoms with Gasteiger partial charge in [0.15, 0.2) is 0 Å². The summed E-state index contributed by atoms with van der Waals surface area (Å²) in [7, 11) is 2.01. The Bertz CT molecular complexity index is 464. The van der Waals surface area contributed by atoms with Crippen LogP contribution in [0.2, 0.25) is 0 Å². The van der Waals surface area contributed by atoms with Crippen LogP contribution < -0.4 is 4.90 Å². The van der Waals surface area contributed by atoms with E-state index in [4.69, 9.17) is 16.3 Å². The van der Waals surface area contributed by atoms with Crippen LogP contribution in [0.15, 0.2) is 18.2 Å². The Morgan fingerprint density at radius 2 is 2.32 bits per heavy atom. The van der Waals surface area contributed by atoms with Crippen molar-refractivity contribution in [2.24, 2.45) is 0 Å². The summed E-state index contributed by atoms with van der Waals surface area (Å²) in [6, 6.07) is 8.05. The lowest BCUT2D eigenvalue weighted by atomic mass is 10.1. The standard InChI is InChI=1S/C15H19ClN2O/c1-18(11-14-4-2-3-7-19-14)15-6-5-12(9-16)8-13(15)10-17/h5-6,8,14H,2-4,7,9,11H2,1H3. The molecule has 0 aromatic heterocycles. The maximum absolute atomic E-state index is 9.24. The highest BCUT2D eigenvalue weighted by atomic mass is 35.5. The average molecular weight is 279 g/mol. The highest BCUT2D eigenvalue weighted by Gasteiger charge is 2.17. The molecule has 0 aliphatic carbocycles. The maximum Gasteiger partial charge on any atom is 0.101 e. The molecule has 1 unspecified atom stereocenters. The number of alkyl halides is 1. The van der Waals surface area contributed by atoms with Gasteiger partial charge in [-0.25, -0.2) is 0 Å². The highest BCUT2D eigenvalue weighted by Crippen LogP contribution is 2.23. The van der Waals surface area contributed by atoms with Crippen LogP contribution in [-0.2, 0) is 10.6 Å². The lowest BCUT2D eigenvalue weighted by Gasteiger charge is -2.29. The molecule has 19 heavy (non-hydrogen) atoms. The van der Waals surface area contributed by atoms with Gasteiger partial charge in [0, 0.05) is 26.1 Å². The van der Waals surface area contributed by atoms with Crippen LogP contribution >= 0.6 is 11.6 Å². The first-order valence-corrected chi connectivity index (χ1v) is 7.19. The number of anilines is 1. The van der Waals surface area contributed by atoms with Crippen LogP contribution in [0.1, 0.15) is 30.4 Å². The van der Waals surface area contributed by atoms with Crippen molar-refractivity contribution in [2.45, 2.75) is 31.2 Å². The minimum absolute atomic E-state index is 0.276. The second kappa shape index (κ2) is 6.79. The third kappa shape index (κ3) is 3.62. The molecule has 0 amide bonds. The summed E-state index contributed by atoms with van der Waals surface area (Å²) >= 11 is 5.80. The van der Waals surface area contributed by atoms with Gasteiger partial charge in [0.2, 0.25) is 0 Å². The minimum Gasteiger partial charge on any atom is -0.376 e. The number of hydrogen-bond donors (Lipinski definition) is 0. The van der Waals surface area contributed by atoms with Crippen molar-refractivity contribution in [3.05, 3.63) is 29.3 Å². The Kier molecular flexibility index (Phi) is 5.07. The molecule has 0 N–H and O–H groups in total. The van der Waals surface area contributed by atoms with Crippen LogP contribution in [0.25, 0.3) is 0 Å². The Balaban J connectivity index is 2.09. The highest BCUT2D eigenvalue weighted by molar-refractivity contribution is 6.17. The van der Waals surface area contributed by atoms with Gasteiger partial charge in [-0.3, -0.25) is 0 Å². The van der Waals surface area contributed by atoms with E-state index in [0.717, 1.165) is 37.2 Å². The predicted octanol–water partition coefficient (Wildman–Crippen LogP) is 3.30. The van der Waals surface area contributed by atoms with E-state index in [1.807, 2.05) is 25.2 Å². The lowest BCUT2D eigenvalue weighted by Crippen LogP contribution is -2.33. The van der Waals surface area contributed by atoms with Gasteiger partial charge in [-0.15, -0.1) is 11.6 Å². The zero-order chi connectivity index (χ0) is 13.7. The molecule has 0 bridgehead atoms. The van der Waals surface area contributed by atoms with Gasteiger partial charge in [-0.2, -0.15) is 5.26 Å². The van der Waals surface area contributed by atoms with Crippen LogP contribution in [0, 0.1) is 11.3 Å². The van der Waals surface area contributed by atoms with Crippen LogP contribution in [0.5, 0.6) is 0 Å². The van der Waals surface area contributed by atoms with Crippen molar-refractivity contribution in [3.8, 4) is 6.07 Å². The molecule has 1 fully saturated rings. The largest absolute Gasteiger partial charge is 0.376 e. The number of rotatable bonds is 4. The molecule has 1 aromatic carbocycles. The molecular formula is C15H19ClN2O. The van der Waals surface area contributed by atoms with Crippen molar-refractivity contribution in [1.29, 1.82) is 5.26 Å². The average Bonchev–Trinajstić information content (AvgIpc) is 2.47. The Hall–Kier alpha value is -1.24. The molecule has 1 aliphatic rings. The number of benzene rings is 1. The van der Waals surface area contributed by atoms with Crippen molar-refractivity contribution in [1.82, 2.24) is 0 Å². The summed E-state index contributed by atoms with van der Waals surface area (Å²) in [5.41, 5.74) is 2.60. The molecule has 0 saturated carbocycles. The Morgan fingerprint density at radius 3 is 2.95 bits per heavy atom. The van der Waals surface area contributed by atoms with E-state index in [0.29, 0.717) is 11.4 Å². The fraction of sp³-hybridized carbons (Fsp3) is 0.533. The van der Waals surface area contributed by atoms with Crippen molar-refractivity contribution in [3.63, 3.8) is 0 Å². The molecule has 1 aromatic rings. The van der Waals surface area contributed by atoms with Gasteiger partial charge < -0.3 is 9.64 Å². The quantitative estimate of drug-likeness (QED) is 0.793. The summed E-state index contributed by atoms with van der Waals surface area (Å²) in [4.78, 5) is 2.10. The van der Waals surface area contributed by atoms with Crippen molar-refractivity contribution in [2.75, 3.05) is 25.1 Å². The summed E-state index contributed by atoms with van der Waals surface area (Å²) in [5.74, 6) is 0.435. The number of nitrogens with zero attached hydrogens (tertiary/aromatic N) is 2. The molecule has 0 spiro atoms. The van der Waals surface area contributed by atoms with E-state index in [9.17, 15) is 5.26 Å². The monoisotopic (exact) mass is 278 g/mol. The van der Waals surface area contributed by atoms with Gasteiger partial charge in [0.25, 0.3) is 0 Å².